The van der Waals surface area contributed by atoms with Crippen molar-refractivity contribution in [2.45, 2.75) is 92.3 Å². The zero-order valence-electron chi connectivity index (χ0n) is 21.5. The van der Waals surface area contributed by atoms with Crippen LogP contribution in [-0.4, -0.2) is 85.3 Å². The predicted octanol–water partition coefficient (Wildman–Crippen LogP) is 3.46. The molecule has 0 amide bonds. The van der Waals surface area contributed by atoms with E-state index in [9.17, 15) is 9.59 Å². The van der Waals surface area contributed by atoms with Gasteiger partial charge in [0, 0.05) is 26.2 Å². The highest BCUT2D eigenvalue weighted by molar-refractivity contribution is 5.72. The van der Waals surface area contributed by atoms with Gasteiger partial charge >= 0.3 is 11.9 Å². The van der Waals surface area contributed by atoms with E-state index in [1.54, 1.807) is 0 Å². The summed E-state index contributed by atoms with van der Waals surface area (Å²) in [7, 11) is 0. The van der Waals surface area contributed by atoms with Crippen LogP contribution in [0.4, 0.5) is 0 Å². The number of hydrogen-bond acceptors (Lipinski definition) is 7. The number of esters is 2. The van der Waals surface area contributed by atoms with Crippen LogP contribution < -0.4 is 5.32 Å². The van der Waals surface area contributed by atoms with Crippen molar-refractivity contribution in [3.8, 4) is 0 Å². The quantitative estimate of drug-likeness (QED) is 0.289. The molecule has 7 heteroatoms. The second-order valence-corrected chi connectivity index (χ2v) is 10.2. The number of rotatable bonds is 16. The van der Waals surface area contributed by atoms with Gasteiger partial charge in [-0.25, -0.2) is 0 Å². The first-order valence-electron chi connectivity index (χ1n) is 12.0. The van der Waals surface area contributed by atoms with E-state index >= 15 is 0 Å². The van der Waals surface area contributed by atoms with Crippen molar-refractivity contribution in [3.63, 3.8) is 0 Å². The zero-order valence-corrected chi connectivity index (χ0v) is 21.5. The number of ether oxygens (including phenoxy) is 2. The number of hydrogen-bond donors (Lipinski definition) is 1. The van der Waals surface area contributed by atoms with Crippen LogP contribution >= 0.6 is 0 Å². The Morgan fingerprint density at radius 3 is 1.58 bits per heavy atom. The lowest BCUT2D eigenvalue weighted by Crippen LogP contribution is -2.44. The molecule has 0 fully saturated rings. The molecule has 0 aliphatic heterocycles. The number of carbonyl (C=O) groups is 2. The fraction of sp³-hybridized carbons (Fsp3) is 0.917. The summed E-state index contributed by atoms with van der Waals surface area (Å²) in [5.74, 6) is -0.417. The Bertz CT molecular complexity index is 498. The molecule has 0 aromatic heterocycles. The highest BCUT2D eigenvalue weighted by Crippen LogP contribution is 2.09. The highest BCUT2D eigenvalue weighted by Gasteiger charge is 2.21. The average Bonchev–Trinajstić information content (AvgIpc) is 2.59. The minimum absolute atomic E-state index is 0.202. The summed E-state index contributed by atoms with van der Waals surface area (Å²) in [6.07, 6.45) is 4.39. The van der Waals surface area contributed by atoms with Crippen molar-refractivity contribution < 1.29 is 19.1 Å². The molecule has 7 nitrogen and oxygen atoms in total. The summed E-state index contributed by atoms with van der Waals surface area (Å²) in [6, 6.07) is 0. The van der Waals surface area contributed by atoms with Crippen LogP contribution in [0.2, 0.25) is 0 Å². The smallest absolute Gasteiger partial charge is 0.320 e. The molecule has 0 heterocycles. The monoisotopic (exact) mass is 443 g/mol. The van der Waals surface area contributed by atoms with Gasteiger partial charge in [-0.3, -0.25) is 19.4 Å². The average molecular weight is 444 g/mol. The molecular weight excluding hydrogens is 394 g/mol. The number of carbonyl (C=O) groups excluding carboxylic acids is 2. The summed E-state index contributed by atoms with van der Waals surface area (Å²) in [4.78, 5) is 29.0. The lowest BCUT2D eigenvalue weighted by Gasteiger charge is -2.29. The highest BCUT2D eigenvalue weighted by atomic mass is 16.6. The van der Waals surface area contributed by atoms with Crippen molar-refractivity contribution in [2.24, 2.45) is 0 Å². The van der Waals surface area contributed by atoms with Crippen LogP contribution in [0.1, 0.15) is 81.1 Å². The molecule has 0 spiro atoms. The molecule has 31 heavy (non-hydrogen) atoms. The fourth-order valence-electron chi connectivity index (χ4n) is 3.06. The molecule has 0 unspecified atom stereocenters. The van der Waals surface area contributed by atoms with E-state index in [0.717, 1.165) is 51.9 Å². The molecule has 0 aliphatic rings. The summed E-state index contributed by atoms with van der Waals surface area (Å²) < 4.78 is 11.0. The van der Waals surface area contributed by atoms with Gasteiger partial charge in [0.2, 0.25) is 0 Å². The van der Waals surface area contributed by atoms with Crippen molar-refractivity contribution in [3.05, 3.63) is 0 Å². The normalized spacial score (nSPS) is 12.5. The topological polar surface area (TPSA) is 71.1 Å². The Kier molecular flexibility index (Phi) is 15.0. The van der Waals surface area contributed by atoms with Gasteiger partial charge in [0.25, 0.3) is 0 Å². The molecule has 0 saturated heterocycles. The van der Waals surface area contributed by atoms with Gasteiger partial charge in [0.05, 0.1) is 13.1 Å². The summed E-state index contributed by atoms with van der Waals surface area (Å²) >= 11 is 0. The van der Waals surface area contributed by atoms with E-state index in [1.165, 1.54) is 0 Å². The molecule has 0 rings (SSSR count). The number of nitrogens with zero attached hydrogens (tertiary/aromatic N) is 2. The Hall–Kier alpha value is -1.18. The van der Waals surface area contributed by atoms with Gasteiger partial charge in [-0.1, -0.05) is 26.7 Å². The van der Waals surface area contributed by atoms with Gasteiger partial charge in [0.15, 0.2) is 0 Å². The molecule has 0 aromatic rings. The van der Waals surface area contributed by atoms with Crippen molar-refractivity contribution >= 4 is 11.9 Å². The molecule has 0 radical (unpaired) electrons. The molecular formula is C24H49N3O4. The second kappa shape index (κ2) is 15.6. The van der Waals surface area contributed by atoms with Crippen molar-refractivity contribution in [2.75, 3.05) is 52.4 Å². The van der Waals surface area contributed by atoms with Crippen LogP contribution in [-0.2, 0) is 19.1 Å². The van der Waals surface area contributed by atoms with Gasteiger partial charge in [0.1, 0.15) is 11.2 Å². The minimum Gasteiger partial charge on any atom is -0.459 e. The molecule has 0 aliphatic carbocycles. The van der Waals surface area contributed by atoms with Gasteiger partial charge in [-0.2, -0.15) is 0 Å². The SMILES string of the molecule is CCCCCN(CCN(CCNCCC)CC(=O)OC(C)(C)C)CC(=O)OC(C)(C)C. The van der Waals surface area contributed by atoms with E-state index in [1.807, 2.05) is 41.5 Å². The maximum atomic E-state index is 12.4. The lowest BCUT2D eigenvalue weighted by atomic mass is 10.2. The standard InChI is InChI=1S/C24H49N3O4/c1-9-11-12-15-26(19-21(28)30-23(3,4)5)17-18-27(16-14-25-13-10-2)20-22(29)31-24(6,7)8/h25H,9-20H2,1-8H3. The van der Waals surface area contributed by atoms with Crippen LogP contribution in [0.5, 0.6) is 0 Å². The Morgan fingerprint density at radius 2 is 1.16 bits per heavy atom. The fourth-order valence-corrected chi connectivity index (χ4v) is 3.06. The first-order valence-corrected chi connectivity index (χ1v) is 12.0. The van der Waals surface area contributed by atoms with E-state index in [-0.39, 0.29) is 25.0 Å². The Labute approximate surface area is 191 Å². The van der Waals surface area contributed by atoms with Gasteiger partial charge < -0.3 is 14.8 Å². The van der Waals surface area contributed by atoms with Gasteiger partial charge in [-0.05, 0) is 67.5 Å². The van der Waals surface area contributed by atoms with E-state index in [0.29, 0.717) is 13.1 Å². The molecule has 0 saturated carbocycles. The first kappa shape index (κ1) is 29.8. The largest absolute Gasteiger partial charge is 0.459 e. The van der Waals surface area contributed by atoms with Gasteiger partial charge in [-0.15, -0.1) is 0 Å². The maximum Gasteiger partial charge on any atom is 0.320 e. The van der Waals surface area contributed by atoms with Crippen LogP contribution in [0.3, 0.4) is 0 Å². The van der Waals surface area contributed by atoms with Crippen LogP contribution in [0, 0.1) is 0 Å². The summed E-state index contributed by atoms with van der Waals surface area (Å²) in [5, 5.41) is 3.39. The summed E-state index contributed by atoms with van der Waals surface area (Å²) in [5.41, 5.74) is -0.980. The molecule has 0 aromatic carbocycles. The van der Waals surface area contributed by atoms with Crippen LogP contribution in [0.25, 0.3) is 0 Å². The minimum atomic E-state index is -0.494. The third-order valence-corrected chi connectivity index (χ3v) is 4.39. The maximum absolute atomic E-state index is 12.4. The van der Waals surface area contributed by atoms with E-state index < -0.39 is 11.2 Å². The Morgan fingerprint density at radius 1 is 0.677 bits per heavy atom. The van der Waals surface area contributed by atoms with E-state index in [2.05, 4.69) is 29.0 Å². The molecule has 184 valence electrons. The van der Waals surface area contributed by atoms with Crippen LogP contribution in [0.15, 0.2) is 0 Å². The third-order valence-electron chi connectivity index (χ3n) is 4.39. The second-order valence-electron chi connectivity index (χ2n) is 10.2. The first-order chi connectivity index (χ1) is 14.4. The molecule has 0 bridgehead atoms. The number of nitrogens with one attached hydrogen (secondary N) is 1. The van der Waals surface area contributed by atoms with Crippen molar-refractivity contribution in [1.82, 2.24) is 15.1 Å². The zero-order chi connectivity index (χ0) is 23.9. The lowest BCUT2D eigenvalue weighted by molar-refractivity contribution is -0.158. The predicted molar refractivity (Wildman–Crippen MR) is 127 cm³/mol. The number of unbranched alkanes of at least 4 members (excludes halogenated alkanes) is 2. The van der Waals surface area contributed by atoms with Crippen molar-refractivity contribution in [1.29, 1.82) is 0 Å². The Balaban J connectivity index is 4.93. The summed E-state index contributed by atoms with van der Waals surface area (Å²) in [6.45, 7) is 20.9. The van der Waals surface area contributed by atoms with E-state index in [4.69, 9.17) is 9.47 Å². The third kappa shape index (κ3) is 19.2. The molecule has 1 N–H and O–H groups in total. The molecule has 0 atom stereocenters.